The van der Waals surface area contributed by atoms with Crippen molar-refractivity contribution in [2.24, 2.45) is 5.10 Å². The number of hydrogen-bond donors (Lipinski definition) is 1. The third kappa shape index (κ3) is 4.03. The average Bonchev–Trinajstić information content (AvgIpc) is 2.39. The number of alkyl halides is 3. The molecule has 1 rings (SSSR count). The smallest absolute Gasteiger partial charge is 0.275 e. The third-order valence-electron chi connectivity index (χ3n) is 2.08. The SMILES string of the molecule is N#CC(C#N)=NNc1c(I)cc([N+](=O)[O-])cc1C(F)(F)F. The standard InChI is InChI=1S/C10H3F3IN5O2/c11-10(12,13)7-1-6(19(20)21)2-8(14)9(7)18-17-5(3-15)4-16/h1-2,18H. The van der Waals surface area contributed by atoms with Crippen molar-refractivity contribution in [1.82, 2.24) is 0 Å². The molecule has 0 bridgehead atoms. The second-order valence-electron chi connectivity index (χ2n) is 3.40. The van der Waals surface area contributed by atoms with Gasteiger partial charge in [0, 0.05) is 15.7 Å². The Hall–Kier alpha value is -2.41. The maximum Gasteiger partial charge on any atom is 0.418 e. The molecule has 1 aromatic rings. The number of non-ortho nitro benzene ring substituents is 1. The van der Waals surface area contributed by atoms with Gasteiger partial charge in [0.05, 0.1) is 16.2 Å². The minimum atomic E-state index is -4.87. The third-order valence-corrected chi connectivity index (χ3v) is 2.93. The summed E-state index contributed by atoms with van der Waals surface area (Å²) < 4.78 is 38.6. The van der Waals surface area contributed by atoms with Gasteiger partial charge in [-0.05, 0) is 22.6 Å². The Bertz CT molecular complexity index is 686. The predicted molar refractivity (Wildman–Crippen MR) is 73.1 cm³/mol. The van der Waals surface area contributed by atoms with Crippen LogP contribution in [0.25, 0.3) is 0 Å². The molecule has 0 saturated carbocycles. The highest BCUT2D eigenvalue weighted by atomic mass is 127. The summed E-state index contributed by atoms with van der Waals surface area (Å²) in [7, 11) is 0. The molecule has 11 heteroatoms. The van der Waals surface area contributed by atoms with E-state index in [-0.39, 0.29) is 3.57 Å². The Morgan fingerprint density at radius 2 is 1.95 bits per heavy atom. The number of hydrazone groups is 1. The van der Waals surface area contributed by atoms with Crippen molar-refractivity contribution >= 4 is 39.7 Å². The second kappa shape index (κ2) is 6.36. The molecular weight excluding hydrogens is 406 g/mol. The Kier molecular flexibility index (Phi) is 5.04. The van der Waals surface area contributed by atoms with Crippen LogP contribution in [0.15, 0.2) is 17.2 Å². The molecule has 0 heterocycles. The van der Waals surface area contributed by atoms with E-state index in [2.05, 4.69) is 5.10 Å². The number of nitrogens with one attached hydrogen (secondary N) is 1. The van der Waals surface area contributed by atoms with Crippen LogP contribution in [0.3, 0.4) is 0 Å². The van der Waals surface area contributed by atoms with Crippen LogP contribution in [0.1, 0.15) is 5.56 Å². The van der Waals surface area contributed by atoms with Crippen molar-refractivity contribution in [3.8, 4) is 12.1 Å². The van der Waals surface area contributed by atoms with E-state index in [9.17, 15) is 23.3 Å². The molecular formula is C10H3F3IN5O2. The Labute approximate surface area is 129 Å². The van der Waals surface area contributed by atoms with Crippen molar-refractivity contribution in [1.29, 1.82) is 10.5 Å². The zero-order chi connectivity index (χ0) is 16.2. The number of nitrogens with zero attached hydrogens (tertiary/aromatic N) is 4. The van der Waals surface area contributed by atoms with Gasteiger partial charge in [-0.25, -0.2) is 0 Å². The number of halogens is 4. The van der Waals surface area contributed by atoms with Crippen molar-refractivity contribution in [3.05, 3.63) is 31.4 Å². The van der Waals surface area contributed by atoms with E-state index in [0.29, 0.717) is 6.07 Å². The topological polar surface area (TPSA) is 115 Å². The van der Waals surface area contributed by atoms with Gasteiger partial charge >= 0.3 is 6.18 Å². The molecule has 0 atom stereocenters. The maximum absolute atomic E-state index is 12.9. The van der Waals surface area contributed by atoms with E-state index in [4.69, 9.17) is 10.5 Å². The molecule has 0 aliphatic heterocycles. The highest BCUT2D eigenvalue weighted by Crippen LogP contribution is 2.39. The number of nitro benzene ring substituents is 1. The molecule has 21 heavy (non-hydrogen) atoms. The van der Waals surface area contributed by atoms with Crippen LogP contribution >= 0.6 is 22.6 Å². The van der Waals surface area contributed by atoms with Gasteiger partial charge in [0.25, 0.3) is 5.69 Å². The van der Waals surface area contributed by atoms with E-state index >= 15 is 0 Å². The van der Waals surface area contributed by atoms with E-state index in [1.165, 1.54) is 34.7 Å². The van der Waals surface area contributed by atoms with Crippen molar-refractivity contribution in [2.45, 2.75) is 6.18 Å². The van der Waals surface area contributed by atoms with Crippen LogP contribution in [0.4, 0.5) is 24.5 Å². The summed E-state index contributed by atoms with van der Waals surface area (Å²) in [5.41, 5.74) is -1.36. The highest BCUT2D eigenvalue weighted by Gasteiger charge is 2.36. The first-order valence-corrected chi connectivity index (χ1v) is 5.97. The van der Waals surface area contributed by atoms with Gasteiger partial charge in [-0.1, -0.05) is 0 Å². The van der Waals surface area contributed by atoms with Crippen LogP contribution in [-0.2, 0) is 6.18 Å². The summed E-state index contributed by atoms with van der Waals surface area (Å²) >= 11 is 1.45. The van der Waals surface area contributed by atoms with Gasteiger partial charge in [0.1, 0.15) is 12.1 Å². The maximum atomic E-state index is 12.9. The van der Waals surface area contributed by atoms with E-state index < -0.39 is 33.7 Å². The monoisotopic (exact) mass is 409 g/mol. The number of nitriles is 2. The van der Waals surface area contributed by atoms with E-state index in [1.54, 1.807) is 0 Å². The summed E-state index contributed by atoms with van der Waals surface area (Å²) in [6.07, 6.45) is -4.87. The first-order chi connectivity index (χ1) is 9.70. The minimum absolute atomic E-state index is 0.131. The molecule has 7 nitrogen and oxygen atoms in total. The number of rotatable bonds is 3. The Morgan fingerprint density at radius 3 is 2.38 bits per heavy atom. The van der Waals surface area contributed by atoms with Crippen molar-refractivity contribution in [3.63, 3.8) is 0 Å². The lowest BCUT2D eigenvalue weighted by Crippen LogP contribution is -2.11. The number of anilines is 1. The van der Waals surface area contributed by atoms with Gasteiger partial charge in [0.2, 0.25) is 5.71 Å². The van der Waals surface area contributed by atoms with Crippen molar-refractivity contribution < 1.29 is 18.1 Å². The van der Waals surface area contributed by atoms with Crippen LogP contribution in [-0.4, -0.2) is 10.6 Å². The minimum Gasteiger partial charge on any atom is -0.275 e. The lowest BCUT2D eigenvalue weighted by molar-refractivity contribution is -0.385. The zero-order valence-electron chi connectivity index (χ0n) is 9.77. The molecule has 108 valence electrons. The van der Waals surface area contributed by atoms with Gasteiger partial charge < -0.3 is 0 Å². The van der Waals surface area contributed by atoms with Gasteiger partial charge in [0.15, 0.2) is 0 Å². The molecule has 0 fully saturated rings. The first kappa shape index (κ1) is 16.6. The Balaban J connectivity index is 3.45. The summed E-state index contributed by atoms with van der Waals surface area (Å²) in [6, 6.07) is 3.98. The van der Waals surface area contributed by atoms with Crippen LogP contribution < -0.4 is 5.43 Å². The molecule has 0 spiro atoms. The van der Waals surface area contributed by atoms with Crippen LogP contribution in [0.2, 0.25) is 0 Å². The molecule has 0 aliphatic rings. The normalized spacial score (nSPS) is 10.2. The summed E-state index contributed by atoms with van der Waals surface area (Å²) in [4.78, 5) is 9.65. The van der Waals surface area contributed by atoms with Crippen LogP contribution in [0, 0.1) is 36.3 Å². The van der Waals surface area contributed by atoms with Gasteiger partial charge in [-0.2, -0.15) is 28.8 Å². The predicted octanol–water partition coefficient (Wildman–Crippen LogP) is 3.03. The fraction of sp³-hybridized carbons (Fsp3) is 0.100. The number of nitro groups is 1. The molecule has 0 radical (unpaired) electrons. The average molecular weight is 409 g/mol. The fourth-order valence-electron chi connectivity index (χ4n) is 1.22. The molecule has 0 aliphatic carbocycles. The Morgan fingerprint density at radius 1 is 1.38 bits per heavy atom. The van der Waals surface area contributed by atoms with Crippen LogP contribution in [0.5, 0.6) is 0 Å². The number of hydrogen-bond acceptors (Lipinski definition) is 6. The molecule has 1 N–H and O–H groups in total. The van der Waals surface area contributed by atoms with Gasteiger partial charge in [-0.15, -0.1) is 0 Å². The summed E-state index contributed by atoms with van der Waals surface area (Å²) in [6.45, 7) is 0. The molecule has 0 amide bonds. The second-order valence-corrected chi connectivity index (χ2v) is 4.56. The largest absolute Gasteiger partial charge is 0.418 e. The lowest BCUT2D eigenvalue weighted by Gasteiger charge is -2.13. The van der Waals surface area contributed by atoms with Gasteiger partial charge in [-0.3, -0.25) is 15.5 Å². The zero-order valence-corrected chi connectivity index (χ0v) is 11.9. The number of benzene rings is 1. The van der Waals surface area contributed by atoms with Crippen molar-refractivity contribution in [2.75, 3.05) is 5.43 Å². The highest BCUT2D eigenvalue weighted by molar-refractivity contribution is 14.1. The van der Waals surface area contributed by atoms with E-state index in [1.807, 2.05) is 5.43 Å². The quantitative estimate of drug-likeness (QED) is 0.357. The molecule has 0 unspecified atom stereocenters. The molecule has 1 aromatic carbocycles. The molecule has 0 saturated heterocycles. The summed E-state index contributed by atoms with van der Waals surface area (Å²) in [5, 5.41) is 30.7. The van der Waals surface area contributed by atoms with E-state index in [0.717, 1.165) is 6.07 Å². The summed E-state index contributed by atoms with van der Waals surface area (Å²) in [5.74, 6) is 0. The fourth-order valence-corrected chi connectivity index (χ4v) is 1.95. The first-order valence-electron chi connectivity index (χ1n) is 4.89. The lowest BCUT2D eigenvalue weighted by atomic mass is 10.1. The molecule has 0 aromatic heterocycles.